The van der Waals surface area contributed by atoms with Crippen LogP contribution in [0.15, 0.2) is 59.4 Å². The molecule has 26 heavy (non-hydrogen) atoms. The number of nitrogens with zero attached hydrogens (tertiary/aromatic N) is 2. The summed E-state index contributed by atoms with van der Waals surface area (Å²) in [6.45, 7) is 0.761. The maximum Gasteiger partial charge on any atom is 0.321 e. The number of hydrogen-bond acceptors (Lipinski definition) is 4. The number of halogens is 1. The molecule has 0 bridgehead atoms. The lowest BCUT2D eigenvalue weighted by molar-refractivity contribution is 0.220. The maximum atomic E-state index is 13.0. The maximum absolute atomic E-state index is 13.0. The van der Waals surface area contributed by atoms with Gasteiger partial charge in [-0.25, -0.2) is 14.2 Å². The Balaban J connectivity index is 1.56. The number of urea groups is 1. The van der Waals surface area contributed by atoms with Crippen molar-refractivity contribution < 1.29 is 13.9 Å². The summed E-state index contributed by atoms with van der Waals surface area (Å²) < 4.78 is 18.6. The Kier molecular flexibility index (Phi) is 5.80. The SMILES string of the molecule is CN(Cc1ccc(F)cc1)C(=O)Nc1cccc(OCc2cscn2)c1. The molecule has 0 spiro atoms. The molecule has 5 nitrogen and oxygen atoms in total. The molecule has 3 rings (SSSR count). The van der Waals surface area contributed by atoms with E-state index in [-0.39, 0.29) is 11.8 Å². The third-order valence-electron chi connectivity index (χ3n) is 3.64. The molecular formula is C19H18FN3O2S. The first-order chi connectivity index (χ1) is 12.6. The van der Waals surface area contributed by atoms with Gasteiger partial charge in [-0.05, 0) is 29.8 Å². The number of rotatable bonds is 6. The second-order valence-corrected chi connectivity index (χ2v) is 6.43. The average molecular weight is 371 g/mol. The van der Waals surface area contributed by atoms with Crippen LogP contribution < -0.4 is 10.1 Å². The summed E-state index contributed by atoms with van der Waals surface area (Å²) >= 11 is 1.52. The number of amides is 2. The van der Waals surface area contributed by atoms with Crippen LogP contribution >= 0.6 is 11.3 Å². The Morgan fingerprint density at radius 3 is 2.81 bits per heavy atom. The van der Waals surface area contributed by atoms with E-state index >= 15 is 0 Å². The van der Waals surface area contributed by atoms with Gasteiger partial charge in [0, 0.05) is 30.7 Å². The van der Waals surface area contributed by atoms with Crippen LogP contribution in [0, 0.1) is 5.82 Å². The number of nitrogens with one attached hydrogen (secondary N) is 1. The van der Waals surface area contributed by atoms with Crippen molar-refractivity contribution in [2.45, 2.75) is 13.2 Å². The number of benzene rings is 2. The number of thiazole rings is 1. The molecule has 0 fully saturated rings. The van der Waals surface area contributed by atoms with Crippen molar-refractivity contribution in [3.8, 4) is 5.75 Å². The Morgan fingerprint density at radius 2 is 2.08 bits per heavy atom. The normalized spacial score (nSPS) is 10.4. The van der Waals surface area contributed by atoms with Gasteiger partial charge in [0.2, 0.25) is 0 Å². The van der Waals surface area contributed by atoms with E-state index in [9.17, 15) is 9.18 Å². The van der Waals surface area contributed by atoms with Crippen molar-refractivity contribution in [2.75, 3.05) is 12.4 Å². The van der Waals surface area contributed by atoms with Gasteiger partial charge < -0.3 is 15.0 Å². The summed E-state index contributed by atoms with van der Waals surface area (Å²) in [5.74, 6) is 0.354. The molecule has 0 radical (unpaired) electrons. The van der Waals surface area contributed by atoms with Crippen molar-refractivity contribution >= 4 is 23.1 Å². The molecule has 0 saturated heterocycles. The zero-order chi connectivity index (χ0) is 18.4. The van der Waals surface area contributed by atoms with Gasteiger partial charge in [-0.15, -0.1) is 11.3 Å². The van der Waals surface area contributed by atoms with Crippen molar-refractivity contribution in [1.29, 1.82) is 0 Å². The summed E-state index contributed by atoms with van der Waals surface area (Å²) in [5, 5.41) is 4.75. The van der Waals surface area contributed by atoms with E-state index in [1.807, 2.05) is 17.5 Å². The molecule has 2 aromatic carbocycles. The molecule has 3 aromatic rings. The van der Waals surface area contributed by atoms with Crippen LogP contribution in [0.2, 0.25) is 0 Å². The molecule has 1 aromatic heterocycles. The monoisotopic (exact) mass is 371 g/mol. The van der Waals surface area contributed by atoms with Crippen molar-refractivity contribution in [3.05, 3.63) is 76.5 Å². The van der Waals surface area contributed by atoms with Gasteiger partial charge in [-0.1, -0.05) is 18.2 Å². The van der Waals surface area contributed by atoms with Crippen LogP contribution in [-0.2, 0) is 13.2 Å². The van der Waals surface area contributed by atoms with Crippen molar-refractivity contribution in [1.82, 2.24) is 9.88 Å². The highest BCUT2D eigenvalue weighted by Crippen LogP contribution is 2.19. The van der Waals surface area contributed by atoms with Gasteiger partial charge in [-0.3, -0.25) is 0 Å². The van der Waals surface area contributed by atoms with E-state index in [4.69, 9.17) is 4.74 Å². The molecule has 0 atom stereocenters. The Hall–Kier alpha value is -2.93. The predicted octanol–water partition coefficient (Wildman–Crippen LogP) is 4.53. The second kappa shape index (κ2) is 8.44. The molecule has 0 aliphatic heterocycles. The van der Waals surface area contributed by atoms with E-state index < -0.39 is 0 Å². The molecule has 134 valence electrons. The third-order valence-corrected chi connectivity index (χ3v) is 4.27. The highest BCUT2D eigenvalue weighted by Gasteiger charge is 2.10. The van der Waals surface area contributed by atoms with Gasteiger partial charge in [0.25, 0.3) is 0 Å². The first-order valence-electron chi connectivity index (χ1n) is 7.96. The van der Waals surface area contributed by atoms with Crippen LogP contribution in [-0.4, -0.2) is 23.0 Å². The number of hydrogen-bond donors (Lipinski definition) is 1. The van der Waals surface area contributed by atoms with Gasteiger partial charge in [0.15, 0.2) is 0 Å². The molecule has 0 unspecified atom stereocenters. The van der Waals surface area contributed by atoms with Crippen LogP contribution in [0.4, 0.5) is 14.9 Å². The lowest BCUT2D eigenvalue weighted by atomic mass is 10.2. The fourth-order valence-electron chi connectivity index (χ4n) is 2.28. The van der Waals surface area contributed by atoms with Crippen LogP contribution in [0.3, 0.4) is 0 Å². The minimum absolute atomic E-state index is 0.258. The third kappa shape index (κ3) is 5.03. The minimum atomic E-state index is -0.296. The smallest absolute Gasteiger partial charge is 0.321 e. The molecule has 1 N–H and O–H groups in total. The topological polar surface area (TPSA) is 54.5 Å². The summed E-state index contributed by atoms with van der Waals surface area (Å²) in [7, 11) is 1.68. The summed E-state index contributed by atoms with van der Waals surface area (Å²) in [5.41, 5.74) is 4.11. The van der Waals surface area contributed by atoms with E-state index in [0.29, 0.717) is 24.6 Å². The predicted molar refractivity (Wildman–Crippen MR) is 99.8 cm³/mol. The molecule has 0 saturated carbocycles. The standard InChI is InChI=1S/C19H18FN3O2S/c1-23(10-14-5-7-15(20)8-6-14)19(24)22-16-3-2-4-18(9-16)25-11-17-12-26-13-21-17/h2-9,12-13H,10-11H2,1H3,(H,22,24). The second-order valence-electron chi connectivity index (χ2n) is 5.71. The molecule has 0 aliphatic rings. The average Bonchev–Trinajstić information content (AvgIpc) is 3.16. The Labute approximate surface area is 155 Å². The molecule has 2 amide bonds. The largest absolute Gasteiger partial charge is 0.487 e. The highest BCUT2D eigenvalue weighted by molar-refractivity contribution is 7.07. The van der Waals surface area contributed by atoms with Crippen molar-refractivity contribution in [3.63, 3.8) is 0 Å². The van der Waals surface area contributed by atoms with Crippen LogP contribution in [0.5, 0.6) is 5.75 Å². The van der Waals surface area contributed by atoms with Gasteiger partial charge in [-0.2, -0.15) is 0 Å². The molecule has 0 aliphatic carbocycles. The first-order valence-corrected chi connectivity index (χ1v) is 8.91. The van der Waals surface area contributed by atoms with Gasteiger partial charge in [0.1, 0.15) is 18.2 Å². The quantitative estimate of drug-likeness (QED) is 0.693. The van der Waals surface area contributed by atoms with E-state index in [1.165, 1.54) is 28.4 Å². The van der Waals surface area contributed by atoms with E-state index in [2.05, 4.69) is 10.3 Å². The summed E-state index contributed by atoms with van der Waals surface area (Å²) in [6.07, 6.45) is 0. The van der Waals surface area contributed by atoms with E-state index in [0.717, 1.165) is 11.3 Å². The minimum Gasteiger partial charge on any atom is -0.487 e. The van der Waals surface area contributed by atoms with Gasteiger partial charge >= 0.3 is 6.03 Å². The fourth-order valence-corrected chi connectivity index (χ4v) is 2.83. The number of aromatic nitrogens is 1. The van der Waals surface area contributed by atoms with E-state index in [1.54, 1.807) is 36.8 Å². The lowest BCUT2D eigenvalue weighted by Crippen LogP contribution is -2.30. The zero-order valence-electron chi connectivity index (χ0n) is 14.2. The van der Waals surface area contributed by atoms with Crippen molar-refractivity contribution in [2.24, 2.45) is 0 Å². The van der Waals surface area contributed by atoms with Crippen LogP contribution in [0.1, 0.15) is 11.3 Å². The summed E-state index contributed by atoms with van der Waals surface area (Å²) in [4.78, 5) is 18.0. The molecule has 7 heteroatoms. The lowest BCUT2D eigenvalue weighted by Gasteiger charge is -2.18. The Morgan fingerprint density at radius 1 is 1.27 bits per heavy atom. The van der Waals surface area contributed by atoms with Crippen LogP contribution in [0.25, 0.3) is 0 Å². The number of carbonyl (C=O) groups excluding carboxylic acids is 1. The highest BCUT2D eigenvalue weighted by atomic mass is 32.1. The molecular weight excluding hydrogens is 353 g/mol. The molecule has 1 heterocycles. The number of ether oxygens (including phenoxy) is 1. The van der Waals surface area contributed by atoms with Gasteiger partial charge in [0.05, 0.1) is 11.2 Å². The zero-order valence-corrected chi connectivity index (χ0v) is 15.0. The fraction of sp³-hybridized carbons (Fsp3) is 0.158. The Bertz CT molecular complexity index is 853. The number of anilines is 1. The first kappa shape index (κ1) is 17.9. The number of carbonyl (C=O) groups is 1. The summed E-state index contributed by atoms with van der Waals surface area (Å²) in [6, 6.07) is 13.0.